The second-order valence-electron chi connectivity index (χ2n) is 5.82. The number of benzene rings is 1. The van der Waals surface area contributed by atoms with Crippen LogP contribution in [-0.2, 0) is 9.59 Å². The molecule has 0 aliphatic heterocycles. The third kappa shape index (κ3) is 8.75. The van der Waals surface area contributed by atoms with Crippen molar-refractivity contribution in [2.45, 2.75) is 12.3 Å². The van der Waals surface area contributed by atoms with Crippen molar-refractivity contribution in [1.29, 1.82) is 0 Å². The first-order valence-electron chi connectivity index (χ1n) is 8.14. The van der Waals surface area contributed by atoms with E-state index in [0.29, 0.717) is 18.1 Å². The molecule has 0 spiro atoms. The molecule has 0 aliphatic rings. The summed E-state index contributed by atoms with van der Waals surface area (Å²) in [5.41, 5.74) is 2.50. The first kappa shape index (κ1) is 21.1. The summed E-state index contributed by atoms with van der Waals surface area (Å²) in [6, 6.07) is 16.8. The standard InChI is InChI=1S/C16H20N2.C4H4O4/c1-18(2)13-11-15(14-8-4-3-5-9-14)16-10-6-7-12-17-16;5-3(6)1-2-4(7)8/h3-10,12,15H,11,13H2,1-2H3;1-2H,(H,5,6)(H,7,8). The molecule has 0 saturated carbocycles. The molecule has 2 N–H and O–H groups in total. The van der Waals surface area contributed by atoms with Crippen molar-refractivity contribution >= 4 is 11.9 Å². The SMILES string of the molecule is CN(C)CCC(c1ccccc1)c1ccccn1.O=C(O)C=CC(=O)O. The van der Waals surface area contributed by atoms with Crippen molar-refractivity contribution in [3.8, 4) is 0 Å². The smallest absolute Gasteiger partial charge is 0.328 e. The summed E-state index contributed by atoms with van der Waals surface area (Å²) >= 11 is 0. The van der Waals surface area contributed by atoms with E-state index in [1.54, 1.807) is 0 Å². The molecular weight excluding hydrogens is 332 g/mol. The van der Waals surface area contributed by atoms with E-state index >= 15 is 0 Å². The number of carbonyl (C=O) groups is 2. The minimum absolute atomic E-state index is 0.384. The van der Waals surface area contributed by atoms with Crippen LogP contribution in [0.3, 0.4) is 0 Å². The Morgan fingerprint density at radius 2 is 1.58 bits per heavy atom. The molecule has 138 valence electrons. The van der Waals surface area contributed by atoms with Gasteiger partial charge in [0.25, 0.3) is 0 Å². The predicted octanol–water partition coefficient (Wildman–Crippen LogP) is 2.88. The number of hydrogen-bond acceptors (Lipinski definition) is 4. The molecule has 1 unspecified atom stereocenters. The summed E-state index contributed by atoms with van der Waals surface area (Å²) in [5, 5.41) is 15.6. The van der Waals surface area contributed by atoms with Crippen molar-refractivity contribution in [3.05, 3.63) is 78.1 Å². The minimum Gasteiger partial charge on any atom is -0.478 e. The van der Waals surface area contributed by atoms with Crippen molar-refractivity contribution in [1.82, 2.24) is 9.88 Å². The fraction of sp³-hybridized carbons (Fsp3) is 0.250. The zero-order valence-electron chi connectivity index (χ0n) is 14.9. The van der Waals surface area contributed by atoms with E-state index in [1.165, 1.54) is 5.56 Å². The Bertz CT molecular complexity index is 645. The maximum atomic E-state index is 9.55. The van der Waals surface area contributed by atoms with E-state index in [1.807, 2.05) is 12.3 Å². The fourth-order valence-corrected chi connectivity index (χ4v) is 2.28. The van der Waals surface area contributed by atoms with Crippen LogP contribution >= 0.6 is 0 Å². The van der Waals surface area contributed by atoms with Gasteiger partial charge in [0.05, 0.1) is 0 Å². The molecule has 1 atom stereocenters. The van der Waals surface area contributed by atoms with Gasteiger partial charge in [-0.1, -0.05) is 36.4 Å². The molecule has 0 radical (unpaired) electrons. The highest BCUT2D eigenvalue weighted by atomic mass is 16.4. The molecule has 0 saturated heterocycles. The molecular formula is C20H24N2O4. The molecule has 26 heavy (non-hydrogen) atoms. The van der Waals surface area contributed by atoms with Gasteiger partial charge in [-0.2, -0.15) is 0 Å². The van der Waals surface area contributed by atoms with Gasteiger partial charge in [0, 0.05) is 30.0 Å². The van der Waals surface area contributed by atoms with Gasteiger partial charge in [-0.25, -0.2) is 9.59 Å². The Balaban J connectivity index is 0.000000359. The summed E-state index contributed by atoms with van der Waals surface area (Å²) in [4.78, 5) is 25.8. The van der Waals surface area contributed by atoms with Crippen LogP contribution in [0, 0.1) is 0 Å². The number of aliphatic carboxylic acids is 2. The number of carboxylic acid groups (broad SMARTS) is 2. The molecule has 1 heterocycles. The van der Waals surface area contributed by atoms with Crippen LogP contribution in [0.5, 0.6) is 0 Å². The van der Waals surface area contributed by atoms with E-state index in [4.69, 9.17) is 10.2 Å². The van der Waals surface area contributed by atoms with Gasteiger partial charge in [-0.3, -0.25) is 4.98 Å². The average molecular weight is 356 g/mol. The topological polar surface area (TPSA) is 90.7 Å². The summed E-state index contributed by atoms with van der Waals surface area (Å²) in [6.45, 7) is 1.07. The lowest BCUT2D eigenvalue weighted by atomic mass is 9.92. The van der Waals surface area contributed by atoms with Gasteiger partial charge in [0.2, 0.25) is 0 Å². The van der Waals surface area contributed by atoms with Gasteiger partial charge in [-0.15, -0.1) is 0 Å². The molecule has 0 fully saturated rings. The van der Waals surface area contributed by atoms with Crippen LogP contribution in [0.2, 0.25) is 0 Å². The van der Waals surface area contributed by atoms with Crippen LogP contribution < -0.4 is 0 Å². The van der Waals surface area contributed by atoms with Crippen LogP contribution in [0.1, 0.15) is 23.6 Å². The predicted molar refractivity (Wildman–Crippen MR) is 100 cm³/mol. The Morgan fingerprint density at radius 1 is 1.00 bits per heavy atom. The Morgan fingerprint density at radius 3 is 2.04 bits per heavy atom. The molecule has 0 bridgehead atoms. The third-order valence-corrected chi connectivity index (χ3v) is 3.48. The van der Waals surface area contributed by atoms with Crippen molar-refractivity contribution < 1.29 is 19.8 Å². The first-order valence-corrected chi connectivity index (χ1v) is 8.14. The number of hydrogen-bond donors (Lipinski definition) is 2. The Hall–Kier alpha value is -2.99. The highest BCUT2D eigenvalue weighted by Crippen LogP contribution is 2.26. The number of pyridine rings is 1. The molecule has 0 aliphatic carbocycles. The van der Waals surface area contributed by atoms with Gasteiger partial charge in [0.15, 0.2) is 0 Å². The van der Waals surface area contributed by atoms with Crippen LogP contribution in [-0.4, -0.2) is 52.7 Å². The number of rotatable bonds is 7. The highest BCUT2D eigenvalue weighted by molar-refractivity contribution is 5.89. The second-order valence-corrected chi connectivity index (χ2v) is 5.82. The normalized spacial score (nSPS) is 11.7. The van der Waals surface area contributed by atoms with E-state index in [-0.39, 0.29) is 0 Å². The maximum absolute atomic E-state index is 9.55. The van der Waals surface area contributed by atoms with Gasteiger partial charge in [-0.05, 0) is 44.8 Å². The van der Waals surface area contributed by atoms with Crippen LogP contribution in [0.15, 0.2) is 66.9 Å². The summed E-state index contributed by atoms with van der Waals surface area (Å²) in [7, 11) is 4.22. The van der Waals surface area contributed by atoms with Crippen molar-refractivity contribution in [2.75, 3.05) is 20.6 Å². The van der Waals surface area contributed by atoms with E-state index in [0.717, 1.165) is 18.7 Å². The summed E-state index contributed by atoms with van der Waals surface area (Å²) in [6.07, 6.45) is 4.08. The molecule has 1 aromatic heterocycles. The Labute approximate surface area is 153 Å². The lowest BCUT2D eigenvalue weighted by Gasteiger charge is -2.19. The summed E-state index contributed by atoms with van der Waals surface area (Å²) < 4.78 is 0. The molecule has 2 aromatic rings. The second kappa shape index (κ2) is 11.5. The summed E-state index contributed by atoms with van der Waals surface area (Å²) in [5.74, 6) is -2.13. The molecule has 0 amide bonds. The average Bonchev–Trinajstić information content (AvgIpc) is 2.62. The molecule has 6 nitrogen and oxygen atoms in total. The zero-order valence-corrected chi connectivity index (χ0v) is 14.9. The van der Waals surface area contributed by atoms with Gasteiger partial charge in [0.1, 0.15) is 0 Å². The van der Waals surface area contributed by atoms with Gasteiger partial charge >= 0.3 is 11.9 Å². The van der Waals surface area contributed by atoms with E-state index in [2.05, 4.69) is 66.4 Å². The molecule has 1 aromatic carbocycles. The van der Waals surface area contributed by atoms with E-state index < -0.39 is 11.9 Å². The lowest BCUT2D eigenvalue weighted by molar-refractivity contribution is -0.134. The van der Waals surface area contributed by atoms with Crippen LogP contribution in [0.25, 0.3) is 0 Å². The van der Waals surface area contributed by atoms with Crippen molar-refractivity contribution in [2.24, 2.45) is 0 Å². The van der Waals surface area contributed by atoms with Crippen molar-refractivity contribution in [3.63, 3.8) is 0 Å². The fourth-order valence-electron chi connectivity index (χ4n) is 2.28. The highest BCUT2D eigenvalue weighted by Gasteiger charge is 2.14. The minimum atomic E-state index is -1.26. The largest absolute Gasteiger partial charge is 0.478 e. The zero-order chi connectivity index (χ0) is 19.4. The van der Waals surface area contributed by atoms with Crippen LogP contribution in [0.4, 0.5) is 0 Å². The maximum Gasteiger partial charge on any atom is 0.328 e. The molecule has 2 rings (SSSR count). The number of carboxylic acids is 2. The number of aromatic nitrogens is 1. The Kier molecular flexibility index (Phi) is 9.35. The molecule has 6 heteroatoms. The number of nitrogens with zero attached hydrogens (tertiary/aromatic N) is 2. The van der Waals surface area contributed by atoms with E-state index in [9.17, 15) is 9.59 Å². The quantitative estimate of drug-likeness (QED) is 0.741. The monoisotopic (exact) mass is 356 g/mol. The lowest BCUT2D eigenvalue weighted by Crippen LogP contribution is -2.17. The van der Waals surface area contributed by atoms with Gasteiger partial charge < -0.3 is 15.1 Å². The third-order valence-electron chi connectivity index (χ3n) is 3.48. The first-order chi connectivity index (χ1) is 12.4.